The molecule has 8 heteroatoms. The highest BCUT2D eigenvalue weighted by Gasteiger charge is 2.20. The molecule has 6 nitrogen and oxygen atoms in total. The van der Waals surface area contributed by atoms with E-state index in [2.05, 4.69) is 20.7 Å². The number of esters is 1. The summed E-state index contributed by atoms with van der Waals surface area (Å²) in [6, 6.07) is 13.4. The van der Waals surface area contributed by atoms with Crippen LogP contribution in [0.1, 0.15) is 13.0 Å². The van der Waals surface area contributed by atoms with Gasteiger partial charge in [0.15, 0.2) is 0 Å². The van der Waals surface area contributed by atoms with E-state index in [0.29, 0.717) is 16.8 Å². The molecule has 1 atom stereocenters. The molecule has 2 aromatic carbocycles. The molecule has 136 valence electrons. The van der Waals surface area contributed by atoms with Crippen LogP contribution in [-0.2, 0) is 14.8 Å². The Balaban J connectivity index is 1.88. The number of nitrogens with one attached hydrogen (secondary N) is 1. The standard InChI is InChI=1S/C18H17BrN2O4S/c1-12(18(22)25-14-8-6-13(19)7-9-14)21-11-10-15-16(20-26(2,23)24)4-3-5-17(15)21/h3-12,20H,1-2H3. The Morgan fingerprint density at radius 1 is 1.15 bits per heavy atom. The third-order valence-corrected chi connectivity index (χ3v) is 4.97. The monoisotopic (exact) mass is 436 g/mol. The van der Waals surface area contributed by atoms with E-state index in [0.717, 1.165) is 16.2 Å². The zero-order valence-electron chi connectivity index (χ0n) is 14.1. The first-order valence-electron chi connectivity index (χ1n) is 7.79. The van der Waals surface area contributed by atoms with E-state index in [1.54, 1.807) is 60.2 Å². The van der Waals surface area contributed by atoms with Gasteiger partial charge in [-0.25, -0.2) is 13.2 Å². The number of benzene rings is 2. The molecule has 0 fully saturated rings. The lowest BCUT2D eigenvalue weighted by Crippen LogP contribution is -2.21. The molecule has 0 radical (unpaired) electrons. The van der Waals surface area contributed by atoms with Crippen LogP contribution in [0.2, 0.25) is 0 Å². The van der Waals surface area contributed by atoms with Crippen molar-refractivity contribution in [3.8, 4) is 5.75 Å². The normalized spacial score (nSPS) is 12.7. The summed E-state index contributed by atoms with van der Waals surface area (Å²) in [5.74, 6) is 0.0484. The number of aromatic nitrogens is 1. The minimum Gasteiger partial charge on any atom is -0.425 e. The molecule has 0 aliphatic carbocycles. The lowest BCUT2D eigenvalue weighted by atomic mass is 10.2. The fourth-order valence-electron chi connectivity index (χ4n) is 2.63. The number of hydrogen-bond acceptors (Lipinski definition) is 4. The molecule has 1 heterocycles. The number of hydrogen-bond donors (Lipinski definition) is 1. The summed E-state index contributed by atoms with van der Waals surface area (Å²) >= 11 is 3.33. The summed E-state index contributed by atoms with van der Waals surface area (Å²) < 4.78 is 33.6. The molecule has 0 amide bonds. The molecule has 1 unspecified atom stereocenters. The molecule has 3 rings (SSSR count). The van der Waals surface area contributed by atoms with Crippen molar-refractivity contribution in [2.45, 2.75) is 13.0 Å². The number of rotatable bonds is 5. The number of fused-ring (bicyclic) bond motifs is 1. The second kappa shape index (κ2) is 7.13. The summed E-state index contributed by atoms with van der Waals surface area (Å²) in [5.41, 5.74) is 1.20. The maximum atomic E-state index is 12.5. The molecule has 0 bridgehead atoms. The highest BCUT2D eigenvalue weighted by Crippen LogP contribution is 2.28. The molecular weight excluding hydrogens is 420 g/mol. The Labute approximate surface area is 160 Å². The van der Waals surface area contributed by atoms with Gasteiger partial charge in [-0.2, -0.15) is 0 Å². The van der Waals surface area contributed by atoms with Crippen molar-refractivity contribution in [1.29, 1.82) is 0 Å². The van der Waals surface area contributed by atoms with Crippen LogP contribution in [-0.4, -0.2) is 25.2 Å². The summed E-state index contributed by atoms with van der Waals surface area (Å²) in [6.07, 6.45) is 2.84. The predicted molar refractivity (Wildman–Crippen MR) is 105 cm³/mol. The Morgan fingerprint density at radius 3 is 2.50 bits per heavy atom. The van der Waals surface area contributed by atoms with Crippen molar-refractivity contribution in [3.05, 3.63) is 59.2 Å². The van der Waals surface area contributed by atoms with Crippen molar-refractivity contribution >= 4 is 48.5 Å². The van der Waals surface area contributed by atoms with Gasteiger partial charge in [-0.3, -0.25) is 4.72 Å². The van der Waals surface area contributed by atoms with Gasteiger partial charge in [0.2, 0.25) is 10.0 Å². The van der Waals surface area contributed by atoms with Crippen molar-refractivity contribution < 1.29 is 17.9 Å². The maximum Gasteiger partial charge on any atom is 0.334 e. The lowest BCUT2D eigenvalue weighted by Gasteiger charge is -2.15. The molecule has 0 aliphatic rings. The molecule has 26 heavy (non-hydrogen) atoms. The van der Waals surface area contributed by atoms with E-state index in [4.69, 9.17) is 4.74 Å². The third kappa shape index (κ3) is 4.08. The number of sulfonamides is 1. The zero-order valence-corrected chi connectivity index (χ0v) is 16.5. The van der Waals surface area contributed by atoms with E-state index >= 15 is 0 Å². The topological polar surface area (TPSA) is 77.4 Å². The number of ether oxygens (including phenoxy) is 1. The van der Waals surface area contributed by atoms with Crippen molar-refractivity contribution in [3.63, 3.8) is 0 Å². The van der Waals surface area contributed by atoms with Crippen molar-refractivity contribution in [1.82, 2.24) is 4.57 Å². The van der Waals surface area contributed by atoms with Gasteiger partial charge in [-0.1, -0.05) is 22.0 Å². The van der Waals surface area contributed by atoms with Gasteiger partial charge in [-0.05, 0) is 49.4 Å². The largest absolute Gasteiger partial charge is 0.425 e. The smallest absolute Gasteiger partial charge is 0.334 e. The molecule has 1 aromatic heterocycles. The second-order valence-corrected chi connectivity index (χ2v) is 8.55. The van der Waals surface area contributed by atoms with Crippen LogP contribution in [0.3, 0.4) is 0 Å². The van der Waals surface area contributed by atoms with Gasteiger partial charge in [0.05, 0.1) is 17.5 Å². The van der Waals surface area contributed by atoms with E-state index < -0.39 is 22.0 Å². The van der Waals surface area contributed by atoms with Crippen LogP contribution in [0.15, 0.2) is 59.2 Å². The third-order valence-electron chi connectivity index (χ3n) is 3.85. The quantitative estimate of drug-likeness (QED) is 0.485. The van der Waals surface area contributed by atoms with Gasteiger partial charge in [0.25, 0.3) is 0 Å². The maximum absolute atomic E-state index is 12.5. The van der Waals surface area contributed by atoms with E-state index in [1.165, 1.54) is 0 Å². The van der Waals surface area contributed by atoms with Crippen LogP contribution in [0, 0.1) is 0 Å². The first kappa shape index (κ1) is 18.5. The number of halogens is 1. The highest BCUT2D eigenvalue weighted by molar-refractivity contribution is 9.10. The van der Waals surface area contributed by atoms with Crippen LogP contribution >= 0.6 is 15.9 Å². The summed E-state index contributed by atoms with van der Waals surface area (Å²) in [7, 11) is -3.39. The summed E-state index contributed by atoms with van der Waals surface area (Å²) in [4.78, 5) is 12.5. The Morgan fingerprint density at radius 2 is 1.85 bits per heavy atom. The Bertz CT molecular complexity index is 1060. The van der Waals surface area contributed by atoms with Gasteiger partial charge >= 0.3 is 5.97 Å². The molecular formula is C18H17BrN2O4S. The van der Waals surface area contributed by atoms with Crippen LogP contribution in [0.25, 0.3) is 10.9 Å². The average molecular weight is 437 g/mol. The number of carbonyl (C=O) groups excluding carboxylic acids is 1. The summed E-state index contributed by atoms with van der Waals surface area (Å²) in [6.45, 7) is 1.73. The van der Waals surface area contributed by atoms with Gasteiger partial charge < -0.3 is 9.30 Å². The fraction of sp³-hybridized carbons (Fsp3) is 0.167. The number of anilines is 1. The zero-order chi connectivity index (χ0) is 18.9. The average Bonchev–Trinajstić information content (AvgIpc) is 3.00. The Kier molecular flexibility index (Phi) is 5.06. The van der Waals surface area contributed by atoms with Gasteiger partial charge in [0.1, 0.15) is 11.8 Å². The first-order chi connectivity index (χ1) is 12.2. The van der Waals surface area contributed by atoms with E-state index in [1.807, 2.05) is 6.07 Å². The summed E-state index contributed by atoms with van der Waals surface area (Å²) in [5, 5.41) is 0.709. The molecule has 1 N–H and O–H groups in total. The highest BCUT2D eigenvalue weighted by atomic mass is 79.9. The fourth-order valence-corrected chi connectivity index (χ4v) is 3.47. The van der Waals surface area contributed by atoms with Crippen LogP contribution < -0.4 is 9.46 Å². The Hall–Kier alpha value is -2.32. The van der Waals surface area contributed by atoms with Crippen LogP contribution in [0.5, 0.6) is 5.75 Å². The van der Waals surface area contributed by atoms with E-state index in [-0.39, 0.29) is 0 Å². The van der Waals surface area contributed by atoms with Crippen LogP contribution in [0.4, 0.5) is 5.69 Å². The second-order valence-electron chi connectivity index (χ2n) is 5.89. The minimum absolute atomic E-state index is 0.411. The lowest BCUT2D eigenvalue weighted by molar-refractivity contribution is -0.137. The van der Waals surface area contributed by atoms with Crippen molar-refractivity contribution in [2.75, 3.05) is 11.0 Å². The first-order valence-corrected chi connectivity index (χ1v) is 10.5. The SMILES string of the molecule is CC(C(=O)Oc1ccc(Br)cc1)n1ccc2c(NS(C)(=O)=O)cccc21. The van der Waals surface area contributed by atoms with E-state index in [9.17, 15) is 13.2 Å². The van der Waals surface area contributed by atoms with Gasteiger partial charge in [-0.15, -0.1) is 0 Å². The number of nitrogens with zero attached hydrogens (tertiary/aromatic N) is 1. The molecule has 0 spiro atoms. The van der Waals surface area contributed by atoms with Crippen molar-refractivity contribution in [2.24, 2.45) is 0 Å². The molecule has 0 saturated heterocycles. The number of carbonyl (C=O) groups is 1. The molecule has 0 aliphatic heterocycles. The minimum atomic E-state index is -3.39. The molecule has 3 aromatic rings. The van der Waals surface area contributed by atoms with Gasteiger partial charge in [0, 0.05) is 16.1 Å². The molecule has 0 saturated carbocycles. The predicted octanol–water partition coefficient (Wildman–Crippen LogP) is 3.94.